The maximum Gasteiger partial charge on any atom is 0.276 e. The normalized spacial score (nSPS) is 23.6. The number of amides is 1. The van der Waals surface area contributed by atoms with Crippen LogP contribution < -0.4 is 0 Å². The summed E-state index contributed by atoms with van der Waals surface area (Å²) in [6.45, 7) is 3.28. The zero-order chi connectivity index (χ0) is 13.1. The lowest BCUT2D eigenvalue weighted by Gasteiger charge is -2.24. The lowest BCUT2D eigenvalue weighted by atomic mass is 10.1. The van der Waals surface area contributed by atoms with Gasteiger partial charge in [0.05, 0.1) is 0 Å². The minimum atomic E-state index is -0.0603. The number of halogens is 1. The van der Waals surface area contributed by atoms with Crippen LogP contribution in [-0.4, -0.2) is 41.0 Å². The van der Waals surface area contributed by atoms with Crippen LogP contribution >= 0.6 is 15.9 Å². The number of methoxy groups -OCH3 is 1. The molecule has 1 aliphatic heterocycles. The molecule has 2 atom stereocenters. The molecule has 0 bridgehead atoms. The maximum atomic E-state index is 12.3. The lowest BCUT2D eigenvalue weighted by molar-refractivity contribution is 0.0727. The standard InChI is InChI=1S/C12H17BrN2O3/c1-8-3-4-15(11(8)6-13)12(16)10-5-9(7-17-2)18-14-10/h5,8,11H,3-4,6-7H2,1-2H3. The fourth-order valence-corrected chi connectivity index (χ4v) is 3.25. The Hall–Kier alpha value is -0.880. The average Bonchev–Trinajstić information content (AvgIpc) is 2.95. The molecule has 2 unspecified atom stereocenters. The van der Waals surface area contributed by atoms with Crippen LogP contribution in [0.15, 0.2) is 10.6 Å². The monoisotopic (exact) mass is 316 g/mol. The molecule has 100 valence electrons. The van der Waals surface area contributed by atoms with Crippen molar-refractivity contribution in [2.45, 2.75) is 26.0 Å². The Bertz CT molecular complexity index is 421. The van der Waals surface area contributed by atoms with Crippen LogP contribution in [0, 0.1) is 5.92 Å². The van der Waals surface area contributed by atoms with E-state index in [9.17, 15) is 4.79 Å². The van der Waals surface area contributed by atoms with Crippen molar-refractivity contribution in [2.24, 2.45) is 5.92 Å². The highest BCUT2D eigenvalue weighted by Crippen LogP contribution is 2.26. The van der Waals surface area contributed by atoms with E-state index in [4.69, 9.17) is 9.26 Å². The third-order valence-corrected chi connectivity index (χ3v) is 4.03. The largest absolute Gasteiger partial charge is 0.377 e. The molecule has 0 saturated carbocycles. The van der Waals surface area contributed by atoms with Crippen LogP contribution in [0.1, 0.15) is 29.6 Å². The number of rotatable bonds is 4. The second-order valence-corrected chi connectivity index (χ2v) is 5.25. The first-order chi connectivity index (χ1) is 8.67. The third kappa shape index (κ3) is 2.59. The van der Waals surface area contributed by atoms with Crippen molar-refractivity contribution < 1.29 is 14.1 Å². The van der Waals surface area contributed by atoms with E-state index in [1.54, 1.807) is 13.2 Å². The Morgan fingerprint density at radius 3 is 3.17 bits per heavy atom. The molecule has 1 amide bonds. The SMILES string of the molecule is COCc1cc(C(=O)N2CCC(C)C2CBr)no1. The van der Waals surface area contributed by atoms with Gasteiger partial charge >= 0.3 is 0 Å². The van der Waals surface area contributed by atoms with Crippen LogP contribution in [0.3, 0.4) is 0 Å². The van der Waals surface area contributed by atoms with E-state index >= 15 is 0 Å². The first-order valence-electron chi connectivity index (χ1n) is 5.98. The maximum absolute atomic E-state index is 12.3. The molecule has 0 spiro atoms. The molecule has 2 rings (SSSR count). The van der Waals surface area contributed by atoms with E-state index in [0.29, 0.717) is 24.0 Å². The number of hydrogen-bond acceptors (Lipinski definition) is 4. The molecule has 1 aliphatic rings. The quantitative estimate of drug-likeness (QED) is 0.798. The van der Waals surface area contributed by atoms with Crippen LogP contribution in [0.25, 0.3) is 0 Å². The lowest BCUT2D eigenvalue weighted by Crippen LogP contribution is -2.38. The average molecular weight is 317 g/mol. The van der Waals surface area contributed by atoms with Crippen LogP contribution in [0.4, 0.5) is 0 Å². The summed E-state index contributed by atoms with van der Waals surface area (Å²) in [5, 5.41) is 4.61. The topological polar surface area (TPSA) is 55.6 Å². The minimum absolute atomic E-state index is 0.0603. The van der Waals surface area contributed by atoms with Crippen molar-refractivity contribution in [2.75, 3.05) is 19.0 Å². The van der Waals surface area contributed by atoms with E-state index in [1.165, 1.54) is 0 Å². The number of ether oxygens (including phenoxy) is 1. The molecule has 1 aromatic heterocycles. The van der Waals surface area contributed by atoms with Gasteiger partial charge in [0.1, 0.15) is 6.61 Å². The number of aromatic nitrogens is 1. The highest BCUT2D eigenvalue weighted by molar-refractivity contribution is 9.09. The highest BCUT2D eigenvalue weighted by atomic mass is 79.9. The third-order valence-electron chi connectivity index (χ3n) is 3.37. The Morgan fingerprint density at radius 2 is 2.50 bits per heavy atom. The van der Waals surface area contributed by atoms with Crippen LogP contribution in [0.2, 0.25) is 0 Å². The fraction of sp³-hybridized carbons (Fsp3) is 0.667. The van der Waals surface area contributed by atoms with Crippen molar-refractivity contribution in [3.63, 3.8) is 0 Å². The molecule has 1 fully saturated rings. The van der Waals surface area contributed by atoms with E-state index in [1.807, 2.05) is 4.90 Å². The van der Waals surface area contributed by atoms with Gasteiger partial charge in [-0.2, -0.15) is 0 Å². The van der Waals surface area contributed by atoms with Gasteiger partial charge < -0.3 is 14.2 Å². The zero-order valence-electron chi connectivity index (χ0n) is 10.6. The van der Waals surface area contributed by atoms with E-state index in [-0.39, 0.29) is 11.9 Å². The highest BCUT2D eigenvalue weighted by Gasteiger charge is 2.35. The summed E-state index contributed by atoms with van der Waals surface area (Å²) in [4.78, 5) is 14.2. The summed E-state index contributed by atoms with van der Waals surface area (Å²) in [5.74, 6) is 1.03. The van der Waals surface area contributed by atoms with Crippen LogP contribution in [-0.2, 0) is 11.3 Å². The molecule has 0 aromatic carbocycles. The van der Waals surface area contributed by atoms with Gasteiger partial charge in [0.15, 0.2) is 11.5 Å². The number of nitrogens with zero attached hydrogens (tertiary/aromatic N) is 2. The van der Waals surface area contributed by atoms with Gasteiger partial charge in [-0.25, -0.2) is 0 Å². The molecule has 1 saturated heterocycles. The molecule has 0 aliphatic carbocycles. The molecule has 0 radical (unpaired) electrons. The van der Waals surface area contributed by atoms with E-state index < -0.39 is 0 Å². The number of hydrogen-bond donors (Lipinski definition) is 0. The molecule has 2 heterocycles. The Balaban J connectivity index is 2.10. The Kier molecular flexibility index (Phi) is 4.40. The summed E-state index contributed by atoms with van der Waals surface area (Å²) in [7, 11) is 1.58. The molecular weight excluding hydrogens is 300 g/mol. The van der Waals surface area contributed by atoms with Crippen molar-refractivity contribution >= 4 is 21.8 Å². The zero-order valence-corrected chi connectivity index (χ0v) is 12.1. The van der Waals surface area contributed by atoms with Crippen molar-refractivity contribution in [1.82, 2.24) is 10.1 Å². The molecular formula is C12H17BrN2O3. The predicted molar refractivity (Wildman–Crippen MR) is 69.6 cm³/mol. The molecule has 5 nitrogen and oxygen atoms in total. The number of likely N-dealkylation sites (tertiary alicyclic amines) is 1. The molecule has 1 aromatic rings. The van der Waals surface area contributed by atoms with E-state index in [0.717, 1.165) is 18.3 Å². The Labute approximate surface area is 115 Å². The fourth-order valence-electron chi connectivity index (χ4n) is 2.27. The van der Waals surface area contributed by atoms with Crippen LogP contribution in [0.5, 0.6) is 0 Å². The van der Waals surface area contributed by atoms with Gasteiger partial charge in [0.25, 0.3) is 5.91 Å². The second kappa shape index (κ2) is 5.84. The number of carbonyl (C=O) groups is 1. The summed E-state index contributed by atoms with van der Waals surface area (Å²) < 4.78 is 9.99. The summed E-state index contributed by atoms with van der Waals surface area (Å²) >= 11 is 3.47. The summed E-state index contributed by atoms with van der Waals surface area (Å²) in [6.07, 6.45) is 1.03. The number of alkyl halides is 1. The van der Waals surface area contributed by atoms with Gasteiger partial charge in [-0.3, -0.25) is 4.79 Å². The molecule has 6 heteroatoms. The first-order valence-corrected chi connectivity index (χ1v) is 7.11. The van der Waals surface area contributed by atoms with E-state index in [2.05, 4.69) is 28.0 Å². The van der Waals surface area contributed by atoms with Gasteiger partial charge in [-0.1, -0.05) is 28.0 Å². The minimum Gasteiger partial charge on any atom is -0.377 e. The van der Waals surface area contributed by atoms with Gasteiger partial charge in [0, 0.05) is 31.1 Å². The van der Waals surface area contributed by atoms with Gasteiger partial charge in [-0.05, 0) is 12.3 Å². The van der Waals surface area contributed by atoms with Gasteiger partial charge in [-0.15, -0.1) is 0 Å². The van der Waals surface area contributed by atoms with Gasteiger partial charge in [0.2, 0.25) is 0 Å². The molecule has 0 N–H and O–H groups in total. The van der Waals surface area contributed by atoms with Crippen molar-refractivity contribution in [1.29, 1.82) is 0 Å². The molecule has 18 heavy (non-hydrogen) atoms. The second-order valence-electron chi connectivity index (χ2n) is 4.60. The smallest absolute Gasteiger partial charge is 0.276 e. The predicted octanol–water partition coefficient (Wildman–Crippen LogP) is 2.07. The Morgan fingerprint density at radius 1 is 1.72 bits per heavy atom. The summed E-state index contributed by atoms with van der Waals surface area (Å²) in [5.41, 5.74) is 0.363. The first kappa shape index (κ1) is 13.5. The van der Waals surface area contributed by atoms with Crippen molar-refractivity contribution in [3.05, 3.63) is 17.5 Å². The summed E-state index contributed by atoms with van der Waals surface area (Å²) in [6, 6.07) is 1.89. The number of carbonyl (C=O) groups excluding carboxylic acids is 1. The van der Waals surface area contributed by atoms with Crippen molar-refractivity contribution in [3.8, 4) is 0 Å².